The van der Waals surface area contributed by atoms with Crippen molar-refractivity contribution in [3.8, 4) is 0 Å². The van der Waals surface area contributed by atoms with Crippen molar-refractivity contribution in [3.63, 3.8) is 0 Å². The molecule has 2 aliphatic heterocycles. The summed E-state index contributed by atoms with van der Waals surface area (Å²) in [6, 6.07) is 9.72. The summed E-state index contributed by atoms with van der Waals surface area (Å²) in [5.41, 5.74) is 4.90. The molecule has 2 amide bonds. The van der Waals surface area contributed by atoms with E-state index < -0.39 is 0 Å². The predicted molar refractivity (Wildman–Crippen MR) is 94.5 cm³/mol. The van der Waals surface area contributed by atoms with Crippen molar-refractivity contribution >= 4 is 33.9 Å². The first-order chi connectivity index (χ1) is 12.2. The lowest BCUT2D eigenvalue weighted by molar-refractivity contribution is -0.122. The van der Waals surface area contributed by atoms with Gasteiger partial charge in [0.15, 0.2) is 0 Å². The number of para-hydroxylation sites is 1. The Labute approximate surface area is 144 Å². The van der Waals surface area contributed by atoms with Crippen molar-refractivity contribution in [2.45, 2.75) is 19.4 Å². The Hall–Kier alpha value is -3.21. The molecule has 0 bridgehead atoms. The van der Waals surface area contributed by atoms with E-state index in [2.05, 4.69) is 20.9 Å². The molecule has 0 aliphatic carbocycles. The maximum atomic E-state index is 12.6. The van der Waals surface area contributed by atoms with E-state index in [9.17, 15) is 9.59 Å². The molecule has 0 atom stereocenters. The van der Waals surface area contributed by atoms with Crippen LogP contribution in [-0.2, 0) is 22.6 Å². The van der Waals surface area contributed by atoms with Crippen molar-refractivity contribution in [1.82, 2.24) is 14.9 Å². The molecule has 1 aromatic carbocycles. The van der Waals surface area contributed by atoms with Gasteiger partial charge >= 0.3 is 0 Å². The third-order valence-electron chi connectivity index (χ3n) is 5.00. The number of hydrogen-bond donors (Lipinski definition) is 1. The van der Waals surface area contributed by atoms with Gasteiger partial charge in [-0.25, -0.2) is 0 Å². The summed E-state index contributed by atoms with van der Waals surface area (Å²) in [7, 11) is 0. The number of pyridine rings is 1. The smallest absolute Gasteiger partial charge is 0.259 e. The molecule has 0 saturated carbocycles. The molecule has 1 N–H and O–H groups in total. The lowest BCUT2D eigenvalue weighted by atomic mass is 9.95. The molecule has 2 aliphatic rings. The summed E-state index contributed by atoms with van der Waals surface area (Å²) in [4.78, 5) is 29.0. The molecule has 0 fully saturated rings. The minimum Gasteiger partial charge on any atom is -0.347 e. The molecular formula is C20H15N3O2. The first kappa shape index (κ1) is 14.2. The molecule has 4 heterocycles. The first-order valence-electron chi connectivity index (χ1n) is 8.35. The van der Waals surface area contributed by atoms with Gasteiger partial charge < -0.3 is 4.57 Å². The van der Waals surface area contributed by atoms with Gasteiger partial charge in [0.05, 0.1) is 16.7 Å². The van der Waals surface area contributed by atoms with Crippen LogP contribution in [-0.4, -0.2) is 21.4 Å². The first-order valence-corrected chi connectivity index (χ1v) is 8.35. The van der Waals surface area contributed by atoms with Gasteiger partial charge in [0, 0.05) is 36.1 Å². The second-order valence-electron chi connectivity index (χ2n) is 6.42. The standard InChI is InChI=1S/C20H15N3O2/c24-19-16(12-6-8-21-9-7-12)17(20(25)22-19)15-11-23-10-2-4-13-3-1-5-14(15)18(13)23/h1,3,5-9,11H,2,4,10H2,(H,22,24,25). The number of nitrogens with zero attached hydrogens (tertiary/aromatic N) is 2. The van der Waals surface area contributed by atoms with Crippen molar-refractivity contribution < 1.29 is 9.59 Å². The lowest BCUT2D eigenvalue weighted by Gasteiger charge is -2.14. The van der Waals surface area contributed by atoms with Crippen LogP contribution in [0, 0.1) is 0 Å². The molecule has 0 saturated heterocycles. The molecule has 0 radical (unpaired) electrons. The van der Waals surface area contributed by atoms with Gasteiger partial charge in [-0.3, -0.25) is 19.9 Å². The maximum Gasteiger partial charge on any atom is 0.259 e. The summed E-state index contributed by atoms with van der Waals surface area (Å²) in [5, 5.41) is 3.49. The molecule has 5 rings (SSSR count). The zero-order chi connectivity index (χ0) is 17.0. The fourth-order valence-electron chi connectivity index (χ4n) is 3.96. The number of amides is 2. The van der Waals surface area contributed by atoms with Gasteiger partial charge in [-0.05, 0) is 36.1 Å². The van der Waals surface area contributed by atoms with Crippen molar-refractivity contribution in [2.75, 3.05) is 0 Å². The number of carbonyl (C=O) groups excluding carboxylic acids is 2. The van der Waals surface area contributed by atoms with Gasteiger partial charge in [0.1, 0.15) is 0 Å². The monoisotopic (exact) mass is 329 g/mol. The summed E-state index contributed by atoms with van der Waals surface area (Å²) < 4.78 is 2.21. The van der Waals surface area contributed by atoms with Gasteiger partial charge in [0.25, 0.3) is 11.8 Å². The molecule has 5 heteroatoms. The minimum absolute atomic E-state index is 0.333. The molecule has 5 nitrogen and oxygen atoms in total. The number of rotatable bonds is 2. The number of nitrogens with one attached hydrogen (secondary N) is 1. The Morgan fingerprint density at radius 1 is 1.00 bits per heavy atom. The number of hydrogen-bond acceptors (Lipinski definition) is 3. The number of benzene rings is 1. The average molecular weight is 329 g/mol. The number of carbonyl (C=O) groups is 2. The molecule has 25 heavy (non-hydrogen) atoms. The van der Waals surface area contributed by atoms with Crippen LogP contribution >= 0.6 is 0 Å². The van der Waals surface area contributed by atoms with E-state index in [-0.39, 0.29) is 11.8 Å². The largest absolute Gasteiger partial charge is 0.347 e. The zero-order valence-electron chi connectivity index (χ0n) is 13.5. The van der Waals surface area contributed by atoms with E-state index in [0.717, 1.165) is 30.3 Å². The third kappa shape index (κ3) is 1.99. The van der Waals surface area contributed by atoms with Crippen LogP contribution in [0.15, 0.2) is 48.9 Å². The average Bonchev–Trinajstić information content (AvgIpc) is 3.14. The third-order valence-corrected chi connectivity index (χ3v) is 5.00. The highest BCUT2D eigenvalue weighted by molar-refractivity contribution is 6.50. The Balaban J connectivity index is 1.84. The van der Waals surface area contributed by atoms with E-state index >= 15 is 0 Å². The van der Waals surface area contributed by atoms with Gasteiger partial charge in [0.2, 0.25) is 0 Å². The molecule has 0 spiro atoms. The predicted octanol–water partition coefficient (Wildman–Crippen LogP) is 2.55. The van der Waals surface area contributed by atoms with Crippen LogP contribution < -0.4 is 5.32 Å². The van der Waals surface area contributed by atoms with Crippen LogP contribution in [0.2, 0.25) is 0 Å². The van der Waals surface area contributed by atoms with Gasteiger partial charge in [-0.15, -0.1) is 0 Å². The molecule has 122 valence electrons. The van der Waals surface area contributed by atoms with Gasteiger partial charge in [-0.2, -0.15) is 0 Å². The van der Waals surface area contributed by atoms with E-state index in [4.69, 9.17) is 0 Å². The van der Waals surface area contributed by atoms with Crippen LogP contribution in [0.25, 0.3) is 22.0 Å². The molecule has 3 aromatic rings. The normalized spacial score (nSPS) is 16.6. The Bertz CT molecular complexity index is 1080. The SMILES string of the molecule is O=C1NC(=O)C(c2cn3c4c(cccc24)CCC3)=C1c1ccncc1. The van der Waals surface area contributed by atoms with Gasteiger partial charge in [-0.1, -0.05) is 18.2 Å². The summed E-state index contributed by atoms with van der Waals surface area (Å²) >= 11 is 0. The van der Waals surface area contributed by atoms with Crippen LogP contribution in [0.5, 0.6) is 0 Å². The minimum atomic E-state index is -0.349. The maximum absolute atomic E-state index is 12.6. The van der Waals surface area contributed by atoms with Crippen molar-refractivity contribution in [3.05, 3.63) is 65.6 Å². The lowest BCUT2D eigenvalue weighted by Crippen LogP contribution is -2.22. The summed E-state index contributed by atoms with van der Waals surface area (Å²) in [6.07, 6.45) is 7.41. The van der Waals surface area contributed by atoms with E-state index in [1.807, 2.05) is 18.3 Å². The fourth-order valence-corrected chi connectivity index (χ4v) is 3.96. The quantitative estimate of drug-likeness (QED) is 0.735. The second kappa shape index (κ2) is 5.14. The second-order valence-corrected chi connectivity index (χ2v) is 6.42. The van der Waals surface area contributed by atoms with Crippen LogP contribution in [0.3, 0.4) is 0 Å². The van der Waals surface area contributed by atoms with E-state index in [0.29, 0.717) is 16.7 Å². The van der Waals surface area contributed by atoms with Crippen LogP contribution in [0.4, 0.5) is 0 Å². The van der Waals surface area contributed by atoms with E-state index in [1.54, 1.807) is 24.5 Å². The number of aryl methyl sites for hydroxylation is 2. The summed E-state index contributed by atoms with van der Waals surface area (Å²) in [5.74, 6) is -0.682. The highest BCUT2D eigenvalue weighted by Crippen LogP contribution is 2.38. The topological polar surface area (TPSA) is 64.0 Å². The fraction of sp³-hybridized carbons (Fsp3) is 0.150. The van der Waals surface area contributed by atoms with E-state index in [1.165, 1.54) is 11.1 Å². The summed E-state index contributed by atoms with van der Waals surface area (Å²) in [6.45, 7) is 0.931. The molecule has 0 unspecified atom stereocenters. The Morgan fingerprint density at radius 2 is 1.80 bits per heavy atom. The highest BCUT2D eigenvalue weighted by Gasteiger charge is 2.34. The van der Waals surface area contributed by atoms with Crippen molar-refractivity contribution in [1.29, 1.82) is 0 Å². The zero-order valence-corrected chi connectivity index (χ0v) is 13.5. The Morgan fingerprint density at radius 3 is 2.64 bits per heavy atom. The van der Waals surface area contributed by atoms with Crippen molar-refractivity contribution in [2.24, 2.45) is 0 Å². The number of aromatic nitrogens is 2. The number of imide groups is 1. The Kier molecular flexibility index (Phi) is 2.91. The molecular weight excluding hydrogens is 314 g/mol. The highest BCUT2D eigenvalue weighted by atomic mass is 16.2. The molecule has 2 aromatic heterocycles. The van der Waals surface area contributed by atoms with Crippen LogP contribution in [0.1, 0.15) is 23.1 Å².